The molecule has 1 heterocycles. The topological polar surface area (TPSA) is 18.5 Å². The van der Waals surface area contributed by atoms with Crippen molar-refractivity contribution in [1.29, 1.82) is 0 Å². The monoisotopic (exact) mass is 435 g/mol. The predicted octanol–water partition coefficient (Wildman–Crippen LogP) is 6.56. The lowest BCUT2D eigenvalue weighted by atomic mass is 9.94. The first kappa shape index (κ1) is 20.2. The SMILES string of the molecule is c1ccc([S+](c2ccccc2)c2ccc(SC3CCCC4(C3)OCCO4)cc2)cc1. The summed E-state index contributed by atoms with van der Waals surface area (Å²) >= 11 is 1.98. The van der Waals surface area contributed by atoms with Gasteiger partial charge in [0.25, 0.3) is 0 Å². The van der Waals surface area contributed by atoms with Crippen molar-refractivity contribution >= 4 is 22.7 Å². The van der Waals surface area contributed by atoms with E-state index in [1.807, 2.05) is 11.8 Å². The number of hydrogen-bond acceptors (Lipinski definition) is 3. The van der Waals surface area contributed by atoms with Crippen molar-refractivity contribution in [1.82, 2.24) is 0 Å². The third-order valence-corrected chi connectivity index (χ3v) is 9.27. The Kier molecular flexibility index (Phi) is 6.19. The van der Waals surface area contributed by atoms with E-state index < -0.39 is 0 Å². The molecule has 0 amide bonds. The molecule has 1 saturated heterocycles. The van der Waals surface area contributed by atoms with Gasteiger partial charge in [-0.05, 0) is 61.4 Å². The number of benzene rings is 3. The number of ether oxygens (including phenoxy) is 2. The first-order valence-corrected chi connectivity index (χ1v) is 12.8. The Morgan fingerprint density at radius 3 is 1.90 bits per heavy atom. The third-order valence-electron chi connectivity index (χ3n) is 5.76. The number of rotatable bonds is 5. The van der Waals surface area contributed by atoms with Gasteiger partial charge in [0.1, 0.15) is 0 Å². The Labute approximate surface area is 186 Å². The zero-order valence-electron chi connectivity index (χ0n) is 17.0. The summed E-state index contributed by atoms with van der Waals surface area (Å²) in [5, 5.41) is 0.559. The molecule has 30 heavy (non-hydrogen) atoms. The quantitative estimate of drug-likeness (QED) is 0.423. The Balaban J connectivity index is 1.35. The second-order valence-electron chi connectivity index (χ2n) is 7.85. The summed E-state index contributed by atoms with van der Waals surface area (Å²) in [5.74, 6) is -0.303. The summed E-state index contributed by atoms with van der Waals surface area (Å²) < 4.78 is 11.9. The molecule has 2 fully saturated rings. The molecule has 0 aromatic heterocycles. The highest BCUT2D eigenvalue weighted by molar-refractivity contribution is 8.00. The molecule has 1 aliphatic carbocycles. The maximum absolute atomic E-state index is 5.96. The summed E-state index contributed by atoms with van der Waals surface area (Å²) in [7, 11) is -0.0859. The maximum Gasteiger partial charge on any atom is 0.169 e. The van der Waals surface area contributed by atoms with Crippen LogP contribution in [0.25, 0.3) is 0 Å². The molecule has 0 N–H and O–H groups in total. The lowest BCUT2D eigenvalue weighted by Gasteiger charge is -2.35. The van der Waals surface area contributed by atoms with Gasteiger partial charge in [-0.25, -0.2) is 0 Å². The molecular weight excluding hydrogens is 408 g/mol. The summed E-state index contributed by atoms with van der Waals surface area (Å²) in [4.78, 5) is 5.41. The molecule has 1 aliphatic heterocycles. The van der Waals surface area contributed by atoms with E-state index in [1.54, 1.807) is 0 Å². The van der Waals surface area contributed by atoms with Crippen LogP contribution in [-0.4, -0.2) is 24.3 Å². The lowest BCUT2D eigenvalue weighted by Crippen LogP contribution is -2.37. The first-order valence-electron chi connectivity index (χ1n) is 10.7. The molecule has 0 radical (unpaired) electrons. The molecule has 1 saturated carbocycles. The lowest BCUT2D eigenvalue weighted by molar-refractivity contribution is -0.175. The van der Waals surface area contributed by atoms with E-state index in [0.29, 0.717) is 5.25 Å². The van der Waals surface area contributed by atoms with E-state index in [-0.39, 0.29) is 16.7 Å². The highest BCUT2D eigenvalue weighted by Gasteiger charge is 2.41. The van der Waals surface area contributed by atoms with Gasteiger partial charge in [0.15, 0.2) is 20.5 Å². The van der Waals surface area contributed by atoms with Crippen LogP contribution in [0.15, 0.2) is 105 Å². The van der Waals surface area contributed by atoms with Crippen molar-refractivity contribution in [2.75, 3.05) is 13.2 Å². The normalized spacial score (nSPS) is 20.6. The summed E-state index contributed by atoms with van der Waals surface area (Å²) in [6.07, 6.45) is 4.46. The maximum atomic E-state index is 5.96. The van der Waals surface area contributed by atoms with Gasteiger partial charge in [-0.1, -0.05) is 36.4 Å². The molecule has 4 heteroatoms. The zero-order valence-corrected chi connectivity index (χ0v) is 18.7. The minimum absolute atomic E-state index is 0.0859. The minimum atomic E-state index is -0.303. The second-order valence-corrected chi connectivity index (χ2v) is 11.2. The van der Waals surface area contributed by atoms with E-state index in [4.69, 9.17) is 9.47 Å². The Bertz CT molecular complexity index is 898. The first-order chi connectivity index (χ1) is 14.8. The Morgan fingerprint density at radius 1 is 0.733 bits per heavy atom. The van der Waals surface area contributed by atoms with Crippen molar-refractivity contribution in [2.45, 2.75) is 56.3 Å². The molecule has 3 aromatic rings. The summed E-state index contributed by atoms with van der Waals surface area (Å²) in [6.45, 7) is 1.49. The van der Waals surface area contributed by atoms with Crippen LogP contribution in [0.3, 0.4) is 0 Å². The Hall–Kier alpha value is -1.72. The van der Waals surface area contributed by atoms with Crippen molar-refractivity contribution in [3.63, 3.8) is 0 Å². The average molecular weight is 436 g/mol. The molecule has 1 atom stereocenters. The van der Waals surface area contributed by atoms with Crippen molar-refractivity contribution in [2.24, 2.45) is 0 Å². The van der Waals surface area contributed by atoms with E-state index in [9.17, 15) is 0 Å². The van der Waals surface area contributed by atoms with Crippen molar-refractivity contribution in [3.8, 4) is 0 Å². The molecular formula is C26H27O2S2+. The molecule has 2 aliphatic rings. The number of thioether (sulfide) groups is 1. The Morgan fingerprint density at radius 2 is 1.30 bits per heavy atom. The molecule has 5 rings (SSSR count). The highest BCUT2D eigenvalue weighted by Crippen LogP contribution is 2.42. The standard InChI is InChI=1S/C26H27O2S2/c1-3-9-23(10-4-1)30(24-11-5-2-6-12-24)25-15-13-21(14-16-25)29-22-8-7-17-26(20-22)27-18-19-28-26/h1-6,9-16,22H,7-8,17-20H2/q+1. The zero-order chi connectivity index (χ0) is 20.2. The van der Waals surface area contributed by atoms with Gasteiger partial charge in [0.05, 0.1) is 24.1 Å². The second kappa shape index (κ2) is 9.19. The third kappa shape index (κ3) is 4.47. The van der Waals surface area contributed by atoms with Crippen LogP contribution >= 0.6 is 11.8 Å². The highest BCUT2D eigenvalue weighted by atomic mass is 32.2. The fourth-order valence-electron chi connectivity index (χ4n) is 4.38. The van der Waals surface area contributed by atoms with Crippen molar-refractivity contribution in [3.05, 3.63) is 84.9 Å². The van der Waals surface area contributed by atoms with E-state index >= 15 is 0 Å². The van der Waals surface area contributed by atoms with Crippen LogP contribution < -0.4 is 0 Å². The summed E-state index contributed by atoms with van der Waals surface area (Å²) in [5.41, 5.74) is 0. The van der Waals surface area contributed by atoms with Gasteiger partial charge in [-0.15, -0.1) is 11.8 Å². The molecule has 1 unspecified atom stereocenters. The molecule has 3 aromatic carbocycles. The van der Waals surface area contributed by atoms with E-state index in [0.717, 1.165) is 26.1 Å². The fraction of sp³-hybridized carbons (Fsp3) is 0.308. The predicted molar refractivity (Wildman–Crippen MR) is 124 cm³/mol. The average Bonchev–Trinajstić information content (AvgIpc) is 3.24. The van der Waals surface area contributed by atoms with Gasteiger partial charge >= 0.3 is 0 Å². The molecule has 0 bridgehead atoms. The smallest absolute Gasteiger partial charge is 0.169 e. The van der Waals surface area contributed by atoms with Crippen molar-refractivity contribution < 1.29 is 9.47 Å². The fourth-order valence-corrected chi connectivity index (χ4v) is 7.76. The van der Waals surface area contributed by atoms with Gasteiger partial charge in [0, 0.05) is 23.0 Å². The van der Waals surface area contributed by atoms with Gasteiger partial charge in [-0.3, -0.25) is 0 Å². The molecule has 2 nitrogen and oxygen atoms in total. The molecule has 154 valence electrons. The van der Waals surface area contributed by atoms with E-state index in [1.165, 1.54) is 32.4 Å². The van der Waals surface area contributed by atoms with Gasteiger partial charge < -0.3 is 9.47 Å². The van der Waals surface area contributed by atoms with Gasteiger partial charge in [0.2, 0.25) is 0 Å². The van der Waals surface area contributed by atoms with Crippen LogP contribution in [0.4, 0.5) is 0 Å². The largest absolute Gasteiger partial charge is 0.347 e. The van der Waals surface area contributed by atoms with Gasteiger partial charge in [-0.2, -0.15) is 0 Å². The minimum Gasteiger partial charge on any atom is -0.347 e. The van der Waals surface area contributed by atoms with E-state index in [2.05, 4.69) is 84.9 Å². The van der Waals surface area contributed by atoms with Crippen LogP contribution in [0.2, 0.25) is 0 Å². The number of hydrogen-bond donors (Lipinski definition) is 0. The van der Waals surface area contributed by atoms with Crippen LogP contribution in [0.5, 0.6) is 0 Å². The molecule has 1 spiro atoms. The van der Waals surface area contributed by atoms with Crippen LogP contribution in [0.1, 0.15) is 25.7 Å². The van der Waals surface area contributed by atoms with Crippen LogP contribution in [0, 0.1) is 0 Å². The summed E-state index contributed by atoms with van der Waals surface area (Å²) in [6, 6.07) is 30.9. The van der Waals surface area contributed by atoms with Crippen LogP contribution in [-0.2, 0) is 20.4 Å².